The van der Waals surface area contributed by atoms with Crippen LogP contribution in [0.5, 0.6) is 0 Å². The average molecular weight is 479 g/mol. The van der Waals surface area contributed by atoms with Crippen LogP contribution in [0, 0.1) is 0 Å². The number of likely N-dealkylation sites (N-methyl/N-ethyl adjacent to an activating group) is 2. The Kier molecular flexibility index (Phi) is 24.7. The fraction of sp³-hybridized carbons (Fsp3) is 1.00. The molecule has 2 saturated heterocycles. The van der Waals surface area contributed by atoms with Gasteiger partial charge < -0.3 is 55.1 Å². The van der Waals surface area contributed by atoms with Gasteiger partial charge in [-0.1, -0.05) is 44.6 Å². The van der Waals surface area contributed by atoms with Gasteiger partial charge in [0.25, 0.3) is 0 Å². The van der Waals surface area contributed by atoms with Gasteiger partial charge in [-0.15, -0.1) is 0 Å². The fourth-order valence-corrected chi connectivity index (χ4v) is 3.40. The van der Waals surface area contributed by atoms with E-state index in [2.05, 4.69) is 10.6 Å². The van der Waals surface area contributed by atoms with Crippen molar-refractivity contribution in [3.63, 3.8) is 0 Å². The molecule has 0 spiro atoms. The van der Waals surface area contributed by atoms with E-state index in [4.69, 9.17) is 18.9 Å². The Bertz CT molecular complexity index is 436. The highest BCUT2D eigenvalue weighted by atomic mass is 16.7. The van der Waals surface area contributed by atoms with Crippen LogP contribution in [-0.2, 0) is 18.9 Å². The highest BCUT2D eigenvalue weighted by Gasteiger charge is 2.50. The number of rotatable bonds is 7. The minimum atomic E-state index is -1.30. The van der Waals surface area contributed by atoms with E-state index >= 15 is 0 Å². The van der Waals surface area contributed by atoms with Gasteiger partial charge in [0.2, 0.25) is 0 Å². The smallest absolute Gasteiger partial charge is 0.176 e. The maximum absolute atomic E-state index is 10.7. The first-order chi connectivity index (χ1) is 12.4. The maximum Gasteiger partial charge on any atom is 0.176 e. The van der Waals surface area contributed by atoms with Crippen LogP contribution in [0.1, 0.15) is 44.6 Å². The molecule has 202 valence electrons. The molecule has 0 bridgehead atoms. The lowest BCUT2D eigenvalue weighted by atomic mass is 9.95. The van der Waals surface area contributed by atoms with E-state index in [1.54, 1.807) is 14.1 Å². The summed E-state index contributed by atoms with van der Waals surface area (Å²) in [6.07, 6.45) is -8.56. The van der Waals surface area contributed by atoms with Crippen molar-refractivity contribution in [1.29, 1.82) is 0 Å². The molecule has 7 N–H and O–H groups in total. The minimum absolute atomic E-state index is 0. The summed E-state index contributed by atoms with van der Waals surface area (Å²) in [7, 11) is 4.59. The zero-order valence-corrected chi connectivity index (χ0v) is 15.1. The van der Waals surface area contributed by atoms with E-state index < -0.39 is 74.5 Å². The van der Waals surface area contributed by atoms with E-state index in [9.17, 15) is 25.5 Å². The van der Waals surface area contributed by atoms with Crippen molar-refractivity contribution < 1.29 is 44.5 Å². The standard InChI is InChI=1S/C15H30N2O9.6CH4/c1-16-8-11(21)10(20)6(4-18)24-15(8)26-13-7(5-19)25-14(23-3)9(17-2)12(13)22;;;;;;/h6-22H,4-5H2,1-3H3;6*1H4. The van der Waals surface area contributed by atoms with Gasteiger partial charge in [0.1, 0.15) is 36.6 Å². The van der Waals surface area contributed by atoms with Crippen molar-refractivity contribution in [3.05, 3.63) is 0 Å². The SMILES string of the molecule is C.C.C.C.C.C.CNC1C(OC2C(CO)OC(OC)C(NC)C2O)OC(CO)C(O)C1O. The van der Waals surface area contributed by atoms with Gasteiger partial charge >= 0.3 is 0 Å². The van der Waals surface area contributed by atoms with Crippen LogP contribution in [0.15, 0.2) is 0 Å². The molecule has 0 aromatic heterocycles. The quantitative estimate of drug-likeness (QED) is 0.253. The van der Waals surface area contributed by atoms with Gasteiger partial charge in [-0.2, -0.15) is 0 Å². The summed E-state index contributed by atoms with van der Waals surface area (Å²) < 4.78 is 22.2. The average Bonchev–Trinajstić information content (AvgIpc) is 2.65. The van der Waals surface area contributed by atoms with Crippen LogP contribution in [0.4, 0.5) is 0 Å². The second-order valence-electron chi connectivity index (χ2n) is 6.39. The number of aliphatic hydroxyl groups is 5. The fourth-order valence-electron chi connectivity index (χ4n) is 3.40. The molecule has 11 heteroatoms. The number of methoxy groups -OCH3 is 1. The van der Waals surface area contributed by atoms with Crippen molar-refractivity contribution in [2.24, 2.45) is 0 Å². The molecular formula is C21H54N2O9. The summed E-state index contributed by atoms with van der Waals surface area (Å²) in [5.74, 6) is 0. The lowest BCUT2D eigenvalue weighted by molar-refractivity contribution is -0.330. The van der Waals surface area contributed by atoms with Gasteiger partial charge in [-0.25, -0.2) is 0 Å². The van der Waals surface area contributed by atoms with Crippen LogP contribution < -0.4 is 10.6 Å². The molecule has 32 heavy (non-hydrogen) atoms. The zero-order valence-electron chi connectivity index (χ0n) is 15.1. The maximum atomic E-state index is 10.7. The Morgan fingerprint density at radius 3 is 1.53 bits per heavy atom. The predicted molar refractivity (Wildman–Crippen MR) is 127 cm³/mol. The van der Waals surface area contributed by atoms with Crippen LogP contribution in [-0.4, -0.2) is 121 Å². The summed E-state index contributed by atoms with van der Waals surface area (Å²) in [4.78, 5) is 0. The third kappa shape index (κ3) is 8.41. The Morgan fingerprint density at radius 1 is 0.688 bits per heavy atom. The van der Waals surface area contributed by atoms with Crippen LogP contribution in [0.25, 0.3) is 0 Å². The summed E-state index contributed by atoms with van der Waals surface area (Å²) >= 11 is 0. The van der Waals surface area contributed by atoms with Crippen LogP contribution in [0.2, 0.25) is 0 Å². The first-order valence-electron chi connectivity index (χ1n) is 8.53. The van der Waals surface area contributed by atoms with E-state index in [1.165, 1.54) is 7.11 Å². The molecule has 10 atom stereocenters. The van der Waals surface area contributed by atoms with Gasteiger partial charge in [0.05, 0.1) is 25.3 Å². The molecular weight excluding hydrogens is 424 g/mol. The van der Waals surface area contributed by atoms with Crippen molar-refractivity contribution in [2.75, 3.05) is 34.4 Å². The van der Waals surface area contributed by atoms with Gasteiger partial charge in [0, 0.05) is 7.11 Å². The molecule has 2 fully saturated rings. The molecule has 10 unspecified atom stereocenters. The Hall–Kier alpha value is -0.440. The third-order valence-corrected chi connectivity index (χ3v) is 4.92. The van der Waals surface area contributed by atoms with Crippen molar-refractivity contribution in [3.8, 4) is 0 Å². The molecule has 0 saturated carbocycles. The first-order valence-corrected chi connectivity index (χ1v) is 8.53. The third-order valence-electron chi connectivity index (χ3n) is 4.92. The number of hydrogen-bond acceptors (Lipinski definition) is 11. The molecule has 0 amide bonds. The molecule has 0 aromatic rings. The van der Waals surface area contributed by atoms with Crippen molar-refractivity contribution in [1.82, 2.24) is 10.6 Å². The number of aliphatic hydroxyl groups excluding tert-OH is 5. The van der Waals surface area contributed by atoms with Crippen molar-refractivity contribution in [2.45, 2.75) is 106 Å². The van der Waals surface area contributed by atoms with Crippen LogP contribution in [0.3, 0.4) is 0 Å². The normalized spacial score (nSPS) is 38.2. The second-order valence-corrected chi connectivity index (χ2v) is 6.39. The molecule has 0 aliphatic carbocycles. The number of hydrogen-bond donors (Lipinski definition) is 7. The number of ether oxygens (including phenoxy) is 4. The highest BCUT2D eigenvalue weighted by Crippen LogP contribution is 2.29. The first kappa shape index (κ1) is 41.8. The van der Waals surface area contributed by atoms with E-state index in [0.717, 1.165) is 0 Å². The van der Waals surface area contributed by atoms with Gasteiger partial charge in [0.15, 0.2) is 12.6 Å². The molecule has 11 nitrogen and oxygen atoms in total. The number of nitrogens with one attached hydrogen (secondary N) is 2. The van der Waals surface area contributed by atoms with Gasteiger partial charge in [-0.3, -0.25) is 0 Å². The molecule has 0 radical (unpaired) electrons. The van der Waals surface area contributed by atoms with E-state index in [0.29, 0.717) is 0 Å². The molecule has 2 heterocycles. The summed E-state index contributed by atoms with van der Waals surface area (Å²) in [6, 6.07) is -1.46. The van der Waals surface area contributed by atoms with E-state index in [-0.39, 0.29) is 44.6 Å². The predicted octanol–water partition coefficient (Wildman–Crippen LogP) is -0.472. The molecule has 0 aromatic carbocycles. The monoisotopic (exact) mass is 478 g/mol. The minimum Gasteiger partial charge on any atom is -0.394 e. The topological polar surface area (TPSA) is 162 Å². The molecule has 2 rings (SSSR count). The largest absolute Gasteiger partial charge is 0.394 e. The Labute approximate surface area is 196 Å². The lowest BCUT2D eigenvalue weighted by Gasteiger charge is -2.47. The van der Waals surface area contributed by atoms with Crippen LogP contribution >= 0.6 is 0 Å². The summed E-state index contributed by atoms with van der Waals surface area (Å²) in [6.45, 7) is -0.962. The molecule has 2 aliphatic rings. The Balaban J connectivity index is -0.000000405. The van der Waals surface area contributed by atoms with Crippen molar-refractivity contribution >= 4 is 0 Å². The zero-order chi connectivity index (χ0) is 19.4. The lowest BCUT2D eigenvalue weighted by Crippen LogP contribution is -2.68. The molecule has 2 aliphatic heterocycles. The Morgan fingerprint density at radius 2 is 1.12 bits per heavy atom. The second kappa shape index (κ2) is 18.9. The summed E-state index contributed by atoms with van der Waals surface area (Å²) in [5.41, 5.74) is 0. The summed E-state index contributed by atoms with van der Waals surface area (Å²) in [5, 5.41) is 55.5. The van der Waals surface area contributed by atoms with E-state index in [1.807, 2.05) is 0 Å². The highest BCUT2D eigenvalue weighted by molar-refractivity contribution is 4.97. The van der Waals surface area contributed by atoms with Gasteiger partial charge in [-0.05, 0) is 14.1 Å².